The molecule has 106 valence electrons. The van der Waals surface area contributed by atoms with Gasteiger partial charge in [-0.25, -0.2) is 13.2 Å². The number of halogens is 3. The molecule has 0 amide bonds. The van der Waals surface area contributed by atoms with Gasteiger partial charge in [0.25, 0.3) is 0 Å². The molecule has 0 radical (unpaired) electrons. The minimum absolute atomic E-state index is 0.0124. The van der Waals surface area contributed by atoms with Crippen molar-refractivity contribution in [3.8, 4) is 0 Å². The second kappa shape index (κ2) is 4.55. The highest BCUT2D eigenvalue weighted by atomic mass is 19.2. The average Bonchev–Trinajstić information content (AvgIpc) is 2.41. The van der Waals surface area contributed by atoms with Gasteiger partial charge in [-0.05, 0) is 6.92 Å². The lowest BCUT2D eigenvalue weighted by molar-refractivity contribution is -0.255. The Balaban J connectivity index is 3.18. The average molecular weight is 285 g/mol. The largest absolute Gasteiger partial charge is 0.545 e. The number of hydrogen-bond donors (Lipinski definition) is 1. The van der Waals surface area contributed by atoms with E-state index in [1.54, 1.807) is 0 Å². The summed E-state index contributed by atoms with van der Waals surface area (Å²) < 4.78 is 41.5. The van der Waals surface area contributed by atoms with Crippen molar-refractivity contribution >= 4 is 22.6 Å². The third-order valence-corrected chi connectivity index (χ3v) is 2.94. The van der Waals surface area contributed by atoms with Crippen LogP contribution in [-0.2, 0) is 6.54 Å². The first kappa shape index (κ1) is 13.9. The number of carbonyl (C=O) groups excluding carboxylic acids is 1. The van der Waals surface area contributed by atoms with Crippen LogP contribution in [0.3, 0.4) is 0 Å². The van der Waals surface area contributed by atoms with E-state index >= 15 is 0 Å². The summed E-state index contributed by atoms with van der Waals surface area (Å²) in [6.45, 7) is 1.51. The number of hydrogen-bond acceptors (Lipinski definition) is 4. The molecule has 0 atom stereocenters. The Morgan fingerprint density at radius 1 is 1.30 bits per heavy atom. The van der Waals surface area contributed by atoms with Crippen LogP contribution >= 0.6 is 0 Å². The molecule has 0 unspecified atom stereocenters. The van der Waals surface area contributed by atoms with E-state index in [0.29, 0.717) is 0 Å². The van der Waals surface area contributed by atoms with Crippen molar-refractivity contribution < 1.29 is 23.1 Å². The van der Waals surface area contributed by atoms with Crippen molar-refractivity contribution in [2.75, 3.05) is 5.73 Å². The zero-order chi connectivity index (χ0) is 15.2. The molecule has 0 saturated heterocycles. The molecule has 0 aliphatic carbocycles. The minimum Gasteiger partial charge on any atom is -0.545 e. The molecule has 0 fully saturated rings. The second-order valence-corrected chi connectivity index (χ2v) is 4.02. The number of carboxylic acids is 1. The summed E-state index contributed by atoms with van der Waals surface area (Å²) in [6.07, 6.45) is 0.805. The number of aromatic nitrogens is 1. The number of carboxylic acid groups (broad SMARTS) is 1. The monoisotopic (exact) mass is 285 g/mol. The molecule has 0 bridgehead atoms. The maximum Gasteiger partial charge on any atom is 0.200 e. The van der Waals surface area contributed by atoms with Crippen molar-refractivity contribution in [3.05, 3.63) is 39.4 Å². The molecule has 0 aliphatic heterocycles. The Bertz CT molecular complexity index is 799. The number of pyridine rings is 1. The number of benzene rings is 1. The smallest absolute Gasteiger partial charge is 0.200 e. The predicted octanol–water partition coefficient (Wildman–Crippen LogP) is 0.384. The van der Waals surface area contributed by atoms with Crippen LogP contribution in [0.15, 0.2) is 11.0 Å². The fraction of sp³-hybridized carbons (Fsp3) is 0.167. The second-order valence-electron chi connectivity index (χ2n) is 4.02. The molecule has 2 rings (SSSR count). The van der Waals surface area contributed by atoms with E-state index in [9.17, 15) is 27.9 Å². The van der Waals surface area contributed by atoms with Gasteiger partial charge in [0, 0.05) is 12.7 Å². The van der Waals surface area contributed by atoms with Gasteiger partial charge in [0.15, 0.2) is 17.5 Å². The number of rotatable bonds is 2. The van der Waals surface area contributed by atoms with Crippen molar-refractivity contribution in [3.63, 3.8) is 0 Å². The number of nitrogen functional groups attached to an aromatic ring is 1. The van der Waals surface area contributed by atoms with Crippen LogP contribution in [0.2, 0.25) is 0 Å². The predicted molar refractivity (Wildman–Crippen MR) is 62.5 cm³/mol. The Labute approximate surface area is 110 Å². The molecule has 1 heterocycles. The van der Waals surface area contributed by atoms with Gasteiger partial charge in [-0.3, -0.25) is 4.79 Å². The molecule has 20 heavy (non-hydrogen) atoms. The van der Waals surface area contributed by atoms with Crippen LogP contribution in [0.5, 0.6) is 0 Å². The fourth-order valence-electron chi connectivity index (χ4n) is 1.97. The highest BCUT2D eigenvalue weighted by Crippen LogP contribution is 2.28. The summed E-state index contributed by atoms with van der Waals surface area (Å²) in [4.78, 5) is 22.8. The molecule has 0 spiro atoms. The van der Waals surface area contributed by atoms with Gasteiger partial charge in [-0.1, -0.05) is 0 Å². The standard InChI is InChI=1S/C12H9F3N2O3/c1-2-17-3-4(12(19)20)11(18)5-9(16)7(14)6(13)8(15)10(5)17/h3H,2,16H2,1H3,(H,19,20)/p-1. The van der Waals surface area contributed by atoms with Gasteiger partial charge in [-0.2, -0.15) is 0 Å². The molecular formula is C12H8F3N2O3-. The van der Waals surface area contributed by atoms with E-state index in [1.165, 1.54) is 6.92 Å². The number of nitrogens with zero attached hydrogens (tertiary/aromatic N) is 1. The van der Waals surface area contributed by atoms with Crippen molar-refractivity contribution in [1.29, 1.82) is 0 Å². The number of nitrogens with two attached hydrogens (primary N) is 1. The summed E-state index contributed by atoms with van der Waals surface area (Å²) in [6, 6.07) is 0. The summed E-state index contributed by atoms with van der Waals surface area (Å²) in [5.74, 6) is -6.97. The first-order chi connectivity index (χ1) is 9.31. The van der Waals surface area contributed by atoms with Crippen molar-refractivity contribution in [2.24, 2.45) is 0 Å². The molecule has 2 N–H and O–H groups in total. The highest BCUT2D eigenvalue weighted by Gasteiger charge is 2.23. The lowest BCUT2D eigenvalue weighted by Gasteiger charge is -2.15. The van der Waals surface area contributed by atoms with Crippen LogP contribution in [-0.4, -0.2) is 10.5 Å². The quantitative estimate of drug-likeness (QED) is 0.638. The Kier molecular flexibility index (Phi) is 3.16. The third kappa shape index (κ3) is 1.72. The lowest BCUT2D eigenvalue weighted by atomic mass is 10.1. The number of aromatic carboxylic acids is 1. The van der Waals surface area contributed by atoms with E-state index in [0.717, 1.165) is 10.8 Å². The normalized spacial score (nSPS) is 11.0. The maximum absolute atomic E-state index is 13.8. The topological polar surface area (TPSA) is 88.2 Å². The molecule has 5 nitrogen and oxygen atoms in total. The van der Waals surface area contributed by atoms with Gasteiger partial charge in [0.05, 0.1) is 28.1 Å². The number of fused-ring (bicyclic) bond motifs is 1. The van der Waals surface area contributed by atoms with E-state index in [-0.39, 0.29) is 6.54 Å². The molecule has 8 heteroatoms. The molecule has 1 aromatic heterocycles. The Morgan fingerprint density at radius 2 is 1.90 bits per heavy atom. The first-order valence-corrected chi connectivity index (χ1v) is 5.51. The first-order valence-electron chi connectivity index (χ1n) is 5.51. The van der Waals surface area contributed by atoms with Gasteiger partial charge < -0.3 is 20.2 Å². The van der Waals surface area contributed by atoms with Gasteiger partial charge >= 0.3 is 0 Å². The van der Waals surface area contributed by atoms with Gasteiger partial charge in [0.2, 0.25) is 5.43 Å². The lowest BCUT2D eigenvalue weighted by Crippen LogP contribution is -2.31. The number of carbonyl (C=O) groups is 1. The summed E-state index contributed by atoms with van der Waals surface area (Å²) in [7, 11) is 0. The zero-order valence-corrected chi connectivity index (χ0v) is 10.2. The van der Waals surface area contributed by atoms with Crippen LogP contribution in [0.1, 0.15) is 17.3 Å². The Hall–Kier alpha value is -2.51. The number of anilines is 1. The molecule has 0 saturated carbocycles. The molecule has 1 aromatic carbocycles. The van der Waals surface area contributed by atoms with E-state index < -0.39 is 51.0 Å². The molecule has 2 aromatic rings. The van der Waals surface area contributed by atoms with E-state index in [1.807, 2.05) is 0 Å². The minimum atomic E-state index is -1.82. The third-order valence-electron chi connectivity index (χ3n) is 2.94. The SMILES string of the molecule is CCn1cc(C(=O)[O-])c(=O)c2c(N)c(F)c(F)c(F)c21. The van der Waals surface area contributed by atoms with Crippen LogP contribution in [0.25, 0.3) is 10.9 Å². The fourth-order valence-corrected chi connectivity index (χ4v) is 1.97. The van der Waals surface area contributed by atoms with Crippen LogP contribution in [0.4, 0.5) is 18.9 Å². The molecular weight excluding hydrogens is 277 g/mol. The number of aryl methyl sites for hydroxylation is 1. The zero-order valence-electron chi connectivity index (χ0n) is 10.2. The Morgan fingerprint density at radius 3 is 2.40 bits per heavy atom. The maximum atomic E-state index is 13.8. The van der Waals surface area contributed by atoms with Gasteiger partial charge in [0.1, 0.15) is 0 Å². The van der Waals surface area contributed by atoms with Crippen molar-refractivity contribution in [2.45, 2.75) is 13.5 Å². The highest BCUT2D eigenvalue weighted by molar-refractivity contribution is 5.97. The van der Waals surface area contributed by atoms with E-state index in [2.05, 4.69) is 0 Å². The van der Waals surface area contributed by atoms with E-state index in [4.69, 9.17) is 5.73 Å². The summed E-state index contributed by atoms with van der Waals surface area (Å²) >= 11 is 0. The van der Waals surface area contributed by atoms with Crippen LogP contribution < -0.4 is 16.3 Å². The molecule has 0 aliphatic rings. The van der Waals surface area contributed by atoms with Crippen molar-refractivity contribution in [1.82, 2.24) is 4.57 Å². The summed E-state index contributed by atoms with van der Waals surface area (Å²) in [5.41, 5.74) is 1.72. The van der Waals surface area contributed by atoms with Crippen LogP contribution in [0, 0.1) is 17.5 Å². The van der Waals surface area contributed by atoms with Gasteiger partial charge in [-0.15, -0.1) is 0 Å². The summed E-state index contributed by atoms with van der Waals surface area (Å²) in [5, 5.41) is 10.1.